The number of hydrogen-bond acceptors (Lipinski definition) is 6. The zero-order chi connectivity index (χ0) is 21.0. The molecular formula is C21H22N2O5S. The number of hydrogen-bond donors (Lipinski definition) is 1. The molecular weight excluding hydrogens is 392 g/mol. The molecule has 0 bridgehead atoms. The molecule has 8 heteroatoms. The lowest BCUT2D eigenvalue weighted by atomic mass is 10.1. The lowest BCUT2D eigenvalue weighted by Crippen LogP contribution is -2.10. The predicted molar refractivity (Wildman–Crippen MR) is 116 cm³/mol. The molecule has 3 rings (SSSR count). The predicted octanol–water partition coefficient (Wildman–Crippen LogP) is 3.76. The molecule has 0 saturated heterocycles. The molecule has 1 heterocycles. The smallest absolute Gasteiger partial charge is 0.308 e. The Kier molecular flexibility index (Phi) is 6.23. The second-order valence-corrected chi connectivity index (χ2v) is 7.03. The van der Waals surface area contributed by atoms with Crippen LogP contribution < -0.4 is 24.4 Å². The van der Waals surface area contributed by atoms with Gasteiger partial charge in [0.1, 0.15) is 0 Å². The second-order valence-electron chi connectivity index (χ2n) is 6.04. The number of methoxy groups -OCH3 is 3. The van der Waals surface area contributed by atoms with E-state index in [1.165, 1.54) is 20.3 Å². The quantitative estimate of drug-likeness (QED) is 0.596. The van der Waals surface area contributed by atoms with Gasteiger partial charge in [-0.15, -0.1) is 0 Å². The number of anilines is 1. The Balaban J connectivity index is 1.81. The number of aromatic nitrogens is 1. The first-order valence-corrected chi connectivity index (χ1v) is 9.75. The largest absolute Gasteiger partial charge is 0.493 e. The van der Waals surface area contributed by atoms with E-state index in [0.29, 0.717) is 35.0 Å². The number of carbonyl (C=O) groups excluding carboxylic acids is 1. The number of thiazole rings is 1. The van der Waals surface area contributed by atoms with E-state index in [9.17, 15) is 9.59 Å². The van der Waals surface area contributed by atoms with E-state index in [1.54, 1.807) is 42.0 Å². The fraction of sp³-hybridized carbons (Fsp3) is 0.238. The molecule has 29 heavy (non-hydrogen) atoms. The third kappa shape index (κ3) is 4.12. The summed E-state index contributed by atoms with van der Waals surface area (Å²) >= 11 is 1.16. The van der Waals surface area contributed by atoms with Gasteiger partial charge in [-0.25, -0.2) is 0 Å². The summed E-state index contributed by atoms with van der Waals surface area (Å²) < 4.78 is 18.6. The van der Waals surface area contributed by atoms with Gasteiger partial charge in [-0.05, 0) is 43.3 Å². The van der Waals surface area contributed by atoms with E-state index in [4.69, 9.17) is 14.2 Å². The Hall–Kier alpha value is -3.26. The summed E-state index contributed by atoms with van der Waals surface area (Å²) in [6.45, 7) is 2.54. The van der Waals surface area contributed by atoms with Crippen molar-refractivity contribution in [3.8, 4) is 17.2 Å². The number of fused-ring (bicyclic) bond motifs is 1. The maximum absolute atomic E-state index is 12.4. The highest BCUT2D eigenvalue weighted by Gasteiger charge is 2.14. The summed E-state index contributed by atoms with van der Waals surface area (Å²) in [6, 6.07) is 8.95. The summed E-state index contributed by atoms with van der Waals surface area (Å²) in [5.41, 5.74) is 2.16. The average Bonchev–Trinajstić information content (AvgIpc) is 3.05. The minimum Gasteiger partial charge on any atom is -0.493 e. The Labute approximate surface area is 172 Å². The minimum atomic E-state index is -0.302. The maximum Gasteiger partial charge on any atom is 0.308 e. The molecule has 0 spiro atoms. The van der Waals surface area contributed by atoms with Crippen LogP contribution in [-0.2, 0) is 11.3 Å². The lowest BCUT2D eigenvalue weighted by Gasteiger charge is -2.14. The maximum atomic E-state index is 12.4. The second kappa shape index (κ2) is 8.83. The van der Waals surface area contributed by atoms with E-state index in [0.717, 1.165) is 21.6 Å². The lowest BCUT2D eigenvalue weighted by molar-refractivity contribution is -0.111. The first kappa shape index (κ1) is 20.5. The van der Waals surface area contributed by atoms with Crippen molar-refractivity contribution in [2.24, 2.45) is 0 Å². The normalized spacial score (nSPS) is 11.0. The van der Waals surface area contributed by atoms with Crippen LogP contribution in [0.25, 0.3) is 16.3 Å². The van der Waals surface area contributed by atoms with E-state index < -0.39 is 0 Å². The van der Waals surface area contributed by atoms with Crippen molar-refractivity contribution in [3.63, 3.8) is 0 Å². The van der Waals surface area contributed by atoms with Crippen LogP contribution in [0.4, 0.5) is 5.69 Å². The molecule has 2 aromatic carbocycles. The number of amides is 1. The Morgan fingerprint density at radius 1 is 1.10 bits per heavy atom. The Morgan fingerprint density at radius 2 is 1.86 bits per heavy atom. The van der Waals surface area contributed by atoms with Crippen molar-refractivity contribution < 1.29 is 19.0 Å². The molecule has 3 aromatic rings. The number of rotatable bonds is 7. The fourth-order valence-electron chi connectivity index (χ4n) is 3.05. The van der Waals surface area contributed by atoms with Gasteiger partial charge in [0, 0.05) is 23.9 Å². The third-order valence-corrected chi connectivity index (χ3v) is 5.34. The van der Waals surface area contributed by atoms with Crippen LogP contribution in [0.2, 0.25) is 0 Å². The van der Waals surface area contributed by atoms with Crippen LogP contribution in [0.1, 0.15) is 12.5 Å². The SMILES string of the molecule is CCn1c(=O)sc2cc(NC(=O)/C=C/c3ccc(OC)c(OC)c3OC)ccc21. The summed E-state index contributed by atoms with van der Waals surface area (Å²) in [5.74, 6) is 1.17. The first-order valence-electron chi connectivity index (χ1n) is 8.93. The summed E-state index contributed by atoms with van der Waals surface area (Å²) in [7, 11) is 4.59. The molecule has 152 valence electrons. The summed E-state index contributed by atoms with van der Waals surface area (Å²) in [6.07, 6.45) is 3.05. The van der Waals surface area contributed by atoms with Crippen LogP contribution in [0.3, 0.4) is 0 Å². The van der Waals surface area contributed by atoms with Crippen molar-refractivity contribution in [3.05, 3.63) is 51.6 Å². The van der Waals surface area contributed by atoms with Gasteiger partial charge in [0.05, 0.1) is 31.5 Å². The molecule has 0 atom stereocenters. The molecule has 0 radical (unpaired) electrons. The molecule has 1 amide bonds. The molecule has 0 fully saturated rings. The van der Waals surface area contributed by atoms with Crippen molar-refractivity contribution >= 4 is 39.2 Å². The monoisotopic (exact) mass is 414 g/mol. The number of nitrogens with zero attached hydrogens (tertiary/aromatic N) is 1. The number of nitrogens with one attached hydrogen (secondary N) is 1. The molecule has 0 saturated carbocycles. The zero-order valence-electron chi connectivity index (χ0n) is 16.6. The number of carbonyl (C=O) groups is 1. The van der Waals surface area contributed by atoms with Crippen molar-refractivity contribution in [1.29, 1.82) is 0 Å². The molecule has 1 N–H and O–H groups in total. The molecule has 0 aliphatic rings. The fourth-order valence-corrected chi connectivity index (χ4v) is 4.04. The first-order chi connectivity index (χ1) is 14.0. The number of benzene rings is 2. The molecule has 1 aromatic heterocycles. The van der Waals surface area contributed by atoms with Gasteiger partial charge in [0.15, 0.2) is 11.5 Å². The van der Waals surface area contributed by atoms with Gasteiger partial charge in [-0.1, -0.05) is 11.3 Å². The highest BCUT2D eigenvalue weighted by Crippen LogP contribution is 2.40. The Bertz CT molecular complexity index is 1130. The highest BCUT2D eigenvalue weighted by atomic mass is 32.1. The molecule has 0 unspecified atom stereocenters. The topological polar surface area (TPSA) is 78.8 Å². The van der Waals surface area contributed by atoms with Crippen LogP contribution in [0.15, 0.2) is 41.2 Å². The van der Waals surface area contributed by atoms with Crippen molar-refractivity contribution in [2.75, 3.05) is 26.6 Å². The van der Waals surface area contributed by atoms with E-state index in [1.807, 2.05) is 13.0 Å². The van der Waals surface area contributed by atoms with E-state index in [2.05, 4.69) is 5.32 Å². The zero-order valence-corrected chi connectivity index (χ0v) is 17.5. The standard InChI is InChI=1S/C21H22N2O5S/c1-5-23-15-9-8-14(12-17(15)29-21(23)25)22-18(24)11-7-13-6-10-16(26-2)20(28-4)19(13)27-3/h6-12H,5H2,1-4H3,(H,22,24)/b11-7+. The third-order valence-electron chi connectivity index (χ3n) is 4.40. The number of aryl methyl sites for hydroxylation is 1. The van der Waals surface area contributed by atoms with Crippen LogP contribution in [0.5, 0.6) is 17.2 Å². The van der Waals surface area contributed by atoms with Gasteiger partial charge in [0.25, 0.3) is 0 Å². The minimum absolute atomic E-state index is 0.00794. The van der Waals surface area contributed by atoms with Gasteiger partial charge in [0.2, 0.25) is 11.7 Å². The van der Waals surface area contributed by atoms with E-state index in [-0.39, 0.29) is 10.8 Å². The molecule has 0 aliphatic heterocycles. The average molecular weight is 414 g/mol. The van der Waals surface area contributed by atoms with E-state index >= 15 is 0 Å². The van der Waals surface area contributed by atoms with Crippen LogP contribution >= 0.6 is 11.3 Å². The number of ether oxygens (including phenoxy) is 3. The van der Waals surface area contributed by atoms with Crippen molar-refractivity contribution in [1.82, 2.24) is 4.57 Å². The van der Waals surface area contributed by atoms with Gasteiger partial charge < -0.3 is 19.5 Å². The summed E-state index contributed by atoms with van der Waals surface area (Å²) in [5, 5.41) is 2.81. The summed E-state index contributed by atoms with van der Waals surface area (Å²) in [4.78, 5) is 24.3. The van der Waals surface area contributed by atoms with Gasteiger partial charge >= 0.3 is 4.87 Å². The molecule has 0 aliphatic carbocycles. The van der Waals surface area contributed by atoms with Crippen molar-refractivity contribution in [2.45, 2.75) is 13.5 Å². The highest BCUT2D eigenvalue weighted by molar-refractivity contribution is 7.16. The van der Waals surface area contributed by atoms with Crippen LogP contribution in [0, 0.1) is 0 Å². The Morgan fingerprint density at radius 3 is 2.52 bits per heavy atom. The van der Waals surface area contributed by atoms with Gasteiger partial charge in [-0.2, -0.15) is 0 Å². The van der Waals surface area contributed by atoms with Gasteiger partial charge in [-0.3, -0.25) is 14.2 Å². The van der Waals surface area contributed by atoms with Crippen LogP contribution in [-0.4, -0.2) is 31.8 Å². The molecule has 7 nitrogen and oxygen atoms in total.